The van der Waals surface area contributed by atoms with Crippen LogP contribution in [0.15, 0.2) is 18.2 Å². The fourth-order valence-corrected chi connectivity index (χ4v) is 2.98. The lowest BCUT2D eigenvalue weighted by Gasteiger charge is -2.20. The molecule has 1 aliphatic rings. The first-order valence-corrected chi connectivity index (χ1v) is 6.89. The van der Waals surface area contributed by atoms with Crippen LogP contribution in [0.1, 0.15) is 29.7 Å². The quantitative estimate of drug-likeness (QED) is 0.932. The number of pyridine rings is 1. The van der Waals surface area contributed by atoms with Gasteiger partial charge in [0.25, 0.3) is 0 Å². The number of rotatable bonds is 3. The number of carboxylic acids is 1. The maximum atomic E-state index is 11.2. The van der Waals surface area contributed by atoms with Gasteiger partial charge in [0.05, 0.1) is 19.0 Å². The number of aliphatic carboxylic acids is 1. The number of hydrogen-bond acceptors (Lipinski definition) is 3. The first kappa shape index (κ1) is 12.9. The van der Waals surface area contributed by atoms with Gasteiger partial charge in [0.15, 0.2) is 0 Å². The lowest BCUT2D eigenvalue weighted by molar-refractivity contribution is -0.136. The molecule has 1 aromatic heterocycles. The maximum absolute atomic E-state index is 11.2. The molecule has 0 saturated carbocycles. The average Bonchev–Trinajstić information content (AvgIpc) is 2.46. The van der Waals surface area contributed by atoms with Crippen LogP contribution >= 0.6 is 0 Å². The lowest BCUT2D eigenvalue weighted by Crippen LogP contribution is -2.12. The summed E-state index contributed by atoms with van der Waals surface area (Å²) in [7, 11) is 1.61. The fourth-order valence-electron chi connectivity index (χ4n) is 2.98. The third-order valence-electron chi connectivity index (χ3n) is 3.92. The van der Waals surface area contributed by atoms with Crippen molar-refractivity contribution >= 4 is 16.9 Å². The monoisotopic (exact) mass is 271 g/mol. The van der Waals surface area contributed by atoms with E-state index in [4.69, 9.17) is 9.72 Å². The number of carbonyl (C=O) groups is 1. The summed E-state index contributed by atoms with van der Waals surface area (Å²) in [6.07, 6.45) is 4.17. The van der Waals surface area contributed by atoms with Gasteiger partial charge in [-0.2, -0.15) is 0 Å². The number of benzene rings is 1. The summed E-state index contributed by atoms with van der Waals surface area (Å²) >= 11 is 0. The molecule has 0 bridgehead atoms. The van der Waals surface area contributed by atoms with Crippen LogP contribution in [-0.4, -0.2) is 23.2 Å². The predicted octanol–water partition coefficient (Wildman–Crippen LogP) is 2.75. The molecule has 0 radical (unpaired) electrons. The molecule has 0 saturated heterocycles. The summed E-state index contributed by atoms with van der Waals surface area (Å²) in [5, 5.41) is 10.1. The molecule has 1 N–H and O–H groups in total. The zero-order chi connectivity index (χ0) is 14.1. The number of ether oxygens (including phenoxy) is 1. The molecular formula is C16H17NO3. The summed E-state index contributed by atoms with van der Waals surface area (Å²) in [5.74, 6) is -0.0604. The molecule has 4 nitrogen and oxygen atoms in total. The van der Waals surface area contributed by atoms with E-state index in [0.29, 0.717) is 0 Å². The van der Waals surface area contributed by atoms with Gasteiger partial charge in [-0.15, -0.1) is 0 Å². The van der Waals surface area contributed by atoms with Crippen LogP contribution in [0.25, 0.3) is 10.9 Å². The van der Waals surface area contributed by atoms with Crippen molar-refractivity contribution in [3.05, 3.63) is 35.0 Å². The molecule has 0 spiro atoms. The van der Waals surface area contributed by atoms with E-state index in [1.165, 1.54) is 0 Å². The van der Waals surface area contributed by atoms with E-state index in [1.807, 2.05) is 18.2 Å². The van der Waals surface area contributed by atoms with Crippen molar-refractivity contribution in [2.24, 2.45) is 0 Å². The van der Waals surface area contributed by atoms with Crippen molar-refractivity contribution in [3.8, 4) is 5.75 Å². The van der Waals surface area contributed by atoms with Crippen molar-refractivity contribution in [2.75, 3.05) is 7.11 Å². The standard InChI is InChI=1S/C16H17NO3/c1-20-10-6-7-15-13(8-10)12(9-16(18)19)11-4-2-3-5-14(11)17-15/h6-8H,2-5,9H2,1H3,(H,18,19). The zero-order valence-corrected chi connectivity index (χ0v) is 11.5. The number of methoxy groups -OCH3 is 1. The summed E-state index contributed by atoms with van der Waals surface area (Å²) in [6.45, 7) is 0. The number of carboxylic acid groups (broad SMARTS) is 1. The summed E-state index contributed by atoms with van der Waals surface area (Å²) < 4.78 is 5.25. The number of aryl methyl sites for hydroxylation is 1. The van der Waals surface area contributed by atoms with Crippen LogP contribution in [0.2, 0.25) is 0 Å². The summed E-state index contributed by atoms with van der Waals surface area (Å²) in [5.41, 5.74) is 3.99. The Bertz CT molecular complexity index is 679. The highest BCUT2D eigenvalue weighted by atomic mass is 16.5. The first-order chi connectivity index (χ1) is 9.69. The van der Waals surface area contributed by atoms with Gasteiger partial charge in [-0.3, -0.25) is 9.78 Å². The van der Waals surface area contributed by atoms with Gasteiger partial charge in [0.1, 0.15) is 5.75 Å². The number of aromatic nitrogens is 1. The molecule has 0 unspecified atom stereocenters. The zero-order valence-electron chi connectivity index (χ0n) is 11.5. The molecular weight excluding hydrogens is 254 g/mol. The van der Waals surface area contributed by atoms with Crippen LogP contribution < -0.4 is 4.74 Å². The second-order valence-corrected chi connectivity index (χ2v) is 5.18. The van der Waals surface area contributed by atoms with E-state index in [1.54, 1.807) is 7.11 Å². The summed E-state index contributed by atoms with van der Waals surface area (Å²) in [4.78, 5) is 15.9. The second kappa shape index (κ2) is 5.12. The predicted molar refractivity (Wildman–Crippen MR) is 76.3 cm³/mol. The SMILES string of the molecule is COc1ccc2nc3c(c(CC(=O)O)c2c1)CCCC3. The topological polar surface area (TPSA) is 59.4 Å². The van der Waals surface area contributed by atoms with E-state index >= 15 is 0 Å². The largest absolute Gasteiger partial charge is 0.497 e. The van der Waals surface area contributed by atoms with Crippen LogP contribution in [0.3, 0.4) is 0 Å². The number of hydrogen-bond donors (Lipinski definition) is 1. The Labute approximate surface area is 117 Å². The minimum absolute atomic E-state index is 0.0501. The third-order valence-corrected chi connectivity index (χ3v) is 3.92. The normalized spacial score (nSPS) is 14.1. The Morgan fingerprint density at radius 1 is 1.35 bits per heavy atom. The first-order valence-electron chi connectivity index (χ1n) is 6.89. The van der Waals surface area contributed by atoms with Crippen LogP contribution in [0.5, 0.6) is 5.75 Å². The molecule has 20 heavy (non-hydrogen) atoms. The van der Waals surface area contributed by atoms with Crippen molar-refractivity contribution in [3.63, 3.8) is 0 Å². The molecule has 3 rings (SSSR count). The van der Waals surface area contributed by atoms with Gasteiger partial charge in [-0.25, -0.2) is 0 Å². The second-order valence-electron chi connectivity index (χ2n) is 5.18. The molecule has 0 fully saturated rings. The van der Waals surface area contributed by atoms with Crippen LogP contribution in [0, 0.1) is 0 Å². The Kier molecular flexibility index (Phi) is 3.30. The van der Waals surface area contributed by atoms with E-state index in [2.05, 4.69) is 0 Å². The van der Waals surface area contributed by atoms with Gasteiger partial charge < -0.3 is 9.84 Å². The Hall–Kier alpha value is -2.10. The summed E-state index contributed by atoms with van der Waals surface area (Å²) in [6, 6.07) is 5.68. The number of nitrogens with zero attached hydrogens (tertiary/aromatic N) is 1. The van der Waals surface area contributed by atoms with Crippen molar-refractivity contribution in [2.45, 2.75) is 32.1 Å². The van der Waals surface area contributed by atoms with Crippen molar-refractivity contribution in [1.29, 1.82) is 0 Å². The minimum atomic E-state index is -0.798. The maximum Gasteiger partial charge on any atom is 0.307 e. The van der Waals surface area contributed by atoms with Gasteiger partial charge in [-0.05, 0) is 55.0 Å². The lowest BCUT2D eigenvalue weighted by atomic mass is 9.88. The van der Waals surface area contributed by atoms with E-state index < -0.39 is 5.97 Å². The molecule has 0 amide bonds. The Balaban J connectivity index is 2.28. The fraction of sp³-hybridized carbons (Fsp3) is 0.375. The molecule has 1 aliphatic carbocycles. The van der Waals surface area contributed by atoms with Gasteiger partial charge >= 0.3 is 5.97 Å². The van der Waals surface area contributed by atoms with Crippen LogP contribution in [0.4, 0.5) is 0 Å². The van der Waals surface area contributed by atoms with Gasteiger partial charge in [0, 0.05) is 11.1 Å². The molecule has 0 atom stereocenters. The van der Waals surface area contributed by atoms with Gasteiger partial charge in [0.2, 0.25) is 0 Å². The third kappa shape index (κ3) is 2.22. The van der Waals surface area contributed by atoms with Crippen molar-refractivity contribution < 1.29 is 14.6 Å². The Morgan fingerprint density at radius 2 is 2.15 bits per heavy atom. The van der Waals surface area contributed by atoms with E-state index in [-0.39, 0.29) is 6.42 Å². The average molecular weight is 271 g/mol. The minimum Gasteiger partial charge on any atom is -0.497 e. The Morgan fingerprint density at radius 3 is 2.90 bits per heavy atom. The highest BCUT2D eigenvalue weighted by molar-refractivity contribution is 5.88. The van der Waals surface area contributed by atoms with Gasteiger partial charge in [-0.1, -0.05) is 0 Å². The molecule has 4 heteroatoms. The highest BCUT2D eigenvalue weighted by Gasteiger charge is 2.19. The number of fused-ring (bicyclic) bond motifs is 2. The molecule has 0 aliphatic heterocycles. The van der Waals surface area contributed by atoms with E-state index in [9.17, 15) is 9.90 Å². The van der Waals surface area contributed by atoms with E-state index in [0.717, 1.165) is 59.2 Å². The smallest absolute Gasteiger partial charge is 0.307 e. The molecule has 1 heterocycles. The molecule has 1 aromatic carbocycles. The van der Waals surface area contributed by atoms with Crippen molar-refractivity contribution in [1.82, 2.24) is 4.98 Å². The van der Waals surface area contributed by atoms with Crippen LogP contribution in [-0.2, 0) is 24.1 Å². The highest BCUT2D eigenvalue weighted by Crippen LogP contribution is 2.31. The molecule has 104 valence electrons. The molecule has 2 aromatic rings.